The molecule has 2 N–H and O–H groups in total. The fourth-order valence-electron chi connectivity index (χ4n) is 4.23. The first-order chi connectivity index (χ1) is 20.3. The molecule has 0 atom stereocenters. The van der Waals surface area contributed by atoms with E-state index >= 15 is 0 Å². The number of hydrogen-bond donors (Lipinski definition) is 2. The normalized spacial score (nSPS) is 14.1. The number of hydrogen-bond acceptors (Lipinski definition) is 7. The number of anilines is 1. The number of imide groups is 2. The lowest BCUT2D eigenvalue weighted by Gasteiger charge is -2.26. The third-order valence-electron chi connectivity index (χ3n) is 6.34. The summed E-state index contributed by atoms with van der Waals surface area (Å²) in [5.41, 5.74) is 2.22. The number of nitrogens with one attached hydrogen (secondary N) is 1. The van der Waals surface area contributed by atoms with Gasteiger partial charge in [-0.05, 0) is 71.8 Å². The molecule has 0 aliphatic carbocycles. The van der Waals surface area contributed by atoms with Crippen LogP contribution < -0.4 is 24.4 Å². The zero-order valence-corrected chi connectivity index (χ0v) is 24.0. The van der Waals surface area contributed by atoms with Gasteiger partial charge in [-0.15, -0.1) is 0 Å². The maximum atomic E-state index is 13.3. The van der Waals surface area contributed by atoms with E-state index in [1.54, 1.807) is 25.3 Å². The number of nitrogens with zero attached hydrogens (tertiary/aromatic N) is 1. The Bertz CT molecular complexity index is 1670. The fraction of sp³-hybridized carbons (Fsp3) is 0.0938. The number of aromatic hydroxyl groups is 1. The first-order valence-electron chi connectivity index (χ1n) is 12.8. The minimum absolute atomic E-state index is 0.0293. The summed E-state index contributed by atoms with van der Waals surface area (Å²) in [7, 11) is 1.56. The van der Waals surface area contributed by atoms with Crippen molar-refractivity contribution in [3.8, 4) is 23.0 Å². The van der Waals surface area contributed by atoms with Crippen molar-refractivity contribution in [1.29, 1.82) is 0 Å². The number of carbonyl (C=O) groups is 3. The Morgan fingerprint density at radius 1 is 0.810 bits per heavy atom. The highest BCUT2D eigenvalue weighted by atomic mass is 79.9. The molecule has 1 saturated heterocycles. The van der Waals surface area contributed by atoms with Gasteiger partial charge < -0.3 is 19.3 Å². The van der Waals surface area contributed by atoms with E-state index in [0.717, 1.165) is 16.0 Å². The van der Waals surface area contributed by atoms with Crippen LogP contribution in [0.1, 0.15) is 16.7 Å². The van der Waals surface area contributed by atoms with Gasteiger partial charge in [0.2, 0.25) is 0 Å². The number of halogens is 1. The predicted octanol–water partition coefficient (Wildman–Crippen LogP) is 5.99. The van der Waals surface area contributed by atoms with E-state index < -0.39 is 17.8 Å². The molecule has 42 heavy (non-hydrogen) atoms. The molecule has 4 aromatic rings. The summed E-state index contributed by atoms with van der Waals surface area (Å²) < 4.78 is 18.2. The molecular weight excluding hydrogens is 604 g/mol. The van der Waals surface area contributed by atoms with Gasteiger partial charge in [0.25, 0.3) is 11.8 Å². The second-order valence-corrected chi connectivity index (χ2v) is 10.1. The molecule has 4 aromatic carbocycles. The van der Waals surface area contributed by atoms with Crippen LogP contribution in [0.3, 0.4) is 0 Å². The van der Waals surface area contributed by atoms with Gasteiger partial charge in [0, 0.05) is 10.0 Å². The van der Waals surface area contributed by atoms with Gasteiger partial charge in [-0.25, -0.2) is 9.69 Å². The second kappa shape index (κ2) is 12.6. The number of ether oxygens (including phenoxy) is 3. The summed E-state index contributed by atoms with van der Waals surface area (Å²) in [6.07, 6.45) is 1.37. The SMILES string of the molecule is COc1cc(COc2ccc(Br)cc2/C=C2/C(=O)NC(=O)N(c3ccc(O)cc3)C2=O)ccc1OCc1ccccc1. The van der Waals surface area contributed by atoms with E-state index in [0.29, 0.717) is 33.9 Å². The zero-order valence-electron chi connectivity index (χ0n) is 22.4. The summed E-state index contributed by atoms with van der Waals surface area (Å²) in [6, 6.07) is 25.1. The van der Waals surface area contributed by atoms with Crippen LogP contribution >= 0.6 is 15.9 Å². The van der Waals surface area contributed by atoms with Gasteiger partial charge in [-0.3, -0.25) is 14.9 Å². The highest BCUT2D eigenvalue weighted by Gasteiger charge is 2.37. The predicted molar refractivity (Wildman–Crippen MR) is 159 cm³/mol. The van der Waals surface area contributed by atoms with Gasteiger partial charge in [-0.1, -0.05) is 52.3 Å². The van der Waals surface area contributed by atoms with Crippen molar-refractivity contribution in [2.75, 3.05) is 12.0 Å². The third kappa shape index (κ3) is 6.45. The number of phenolic OH excluding ortho intramolecular Hbond substituents is 1. The minimum atomic E-state index is -0.885. The van der Waals surface area contributed by atoms with Crippen molar-refractivity contribution >= 4 is 45.5 Å². The van der Waals surface area contributed by atoms with Crippen molar-refractivity contribution in [2.45, 2.75) is 13.2 Å². The molecule has 0 aromatic heterocycles. The first-order valence-corrected chi connectivity index (χ1v) is 13.6. The lowest BCUT2D eigenvalue weighted by molar-refractivity contribution is -0.122. The van der Waals surface area contributed by atoms with Crippen LogP contribution in [0.2, 0.25) is 0 Å². The molecule has 212 valence electrons. The largest absolute Gasteiger partial charge is 0.508 e. The number of amides is 4. The average molecular weight is 629 g/mol. The molecule has 1 fully saturated rings. The van der Waals surface area contributed by atoms with Gasteiger partial charge in [-0.2, -0.15) is 0 Å². The monoisotopic (exact) mass is 628 g/mol. The molecule has 1 aliphatic rings. The molecule has 0 unspecified atom stereocenters. The Morgan fingerprint density at radius 2 is 1.50 bits per heavy atom. The first kappa shape index (κ1) is 28.4. The number of carbonyl (C=O) groups excluding carboxylic acids is 3. The molecule has 1 aliphatic heterocycles. The van der Waals surface area contributed by atoms with E-state index in [4.69, 9.17) is 14.2 Å². The van der Waals surface area contributed by atoms with Crippen LogP contribution in [0.4, 0.5) is 10.5 Å². The molecular formula is C32H25BrN2O7. The molecule has 5 rings (SSSR count). The molecule has 0 saturated carbocycles. The van der Waals surface area contributed by atoms with Crippen LogP contribution in [0.5, 0.6) is 23.0 Å². The van der Waals surface area contributed by atoms with E-state index in [9.17, 15) is 19.5 Å². The summed E-state index contributed by atoms with van der Waals surface area (Å²) >= 11 is 3.42. The van der Waals surface area contributed by atoms with Gasteiger partial charge in [0.05, 0.1) is 12.8 Å². The van der Waals surface area contributed by atoms with Gasteiger partial charge >= 0.3 is 6.03 Å². The lowest BCUT2D eigenvalue weighted by Crippen LogP contribution is -2.54. The van der Waals surface area contributed by atoms with E-state index in [2.05, 4.69) is 21.2 Å². The number of urea groups is 1. The Morgan fingerprint density at radius 3 is 2.24 bits per heavy atom. The molecule has 10 heteroatoms. The lowest BCUT2D eigenvalue weighted by atomic mass is 10.1. The van der Waals surface area contributed by atoms with Gasteiger partial charge in [0.15, 0.2) is 11.5 Å². The average Bonchev–Trinajstić information content (AvgIpc) is 2.99. The smallest absolute Gasteiger partial charge is 0.335 e. The topological polar surface area (TPSA) is 114 Å². The van der Waals surface area contributed by atoms with Crippen molar-refractivity contribution in [2.24, 2.45) is 0 Å². The summed E-state index contributed by atoms with van der Waals surface area (Å²) in [6.45, 7) is 0.553. The van der Waals surface area contributed by atoms with Crippen LogP contribution in [-0.4, -0.2) is 30.1 Å². The van der Waals surface area contributed by atoms with Crippen LogP contribution in [-0.2, 0) is 22.8 Å². The second-order valence-electron chi connectivity index (χ2n) is 9.20. The summed E-state index contributed by atoms with van der Waals surface area (Å²) in [5, 5.41) is 11.8. The van der Waals surface area contributed by atoms with E-state index in [1.807, 2.05) is 48.5 Å². The van der Waals surface area contributed by atoms with Crippen LogP contribution in [0.15, 0.2) is 101 Å². The number of phenols is 1. The maximum Gasteiger partial charge on any atom is 0.335 e. The molecule has 0 bridgehead atoms. The highest BCUT2D eigenvalue weighted by Crippen LogP contribution is 2.32. The molecule has 9 nitrogen and oxygen atoms in total. The van der Waals surface area contributed by atoms with Crippen LogP contribution in [0.25, 0.3) is 6.08 Å². The number of rotatable bonds is 9. The Hall–Kier alpha value is -5.09. The Labute approximate surface area is 250 Å². The molecule has 4 amide bonds. The van der Waals surface area contributed by atoms with Crippen LogP contribution in [0, 0.1) is 0 Å². The molecule has 1 heterocycles. The van der Waals surface area contributed by atoms with Gasteiger partial charge in [0.1, 0.15) is 30.3 Å². The maximum absolute atomic E-state index is 13.3. The Kier molecular flexibility index (Phi) is 8.54. The molecule has 0 radical (unpaired) electrons. The summed E-state index contributed by atoms with van der Waals surface area (Å²) in [5.74, 6) is -0.124. The number of benzene rings is 4. The van der Waals surface area contributed by atoms with E-state index in [-0.39, 0.29) is 23.6 Å². The number of methoxy groups -OCH3 is 1. The quantitative estimate of drug-likeness (QED) is 0.173. The Balaban J connectivity index is 1.36. The van der Waals surface area contributed by atoms with Crippen molar-refractivity contribution in [3.63, 3.8) is 0 Å². The van der Waals surface area contributed by atoms with Crippen molar-refractivity contribution in [3.05, 3.63) is 118 Å². The minimum Gasteiger partial charge on any atom is -0.508 e. The zero-order chi connectivity index (χ0) is 29.6. The fourth-order valence-corrected chi connectivity index (χ4v) is 4.61. The van der Waals surface area contributed by atoms with Crippen molar-refractivity contribution in [1.82, 2.24) is 5.32 Å². The molecule has 0 spiro atoms. The number of barbiturate groups is 1. The third-order valence-corrected chi connectivity index (χ3v) is 6.83. The highest BCUT2D eigenvalue weighted by molar-refractivity contribution is 9.10. The summed E-state index contributed by atoms with van der Waals surface area (Å²) in [4.78, 5) is 39.3. The standard InChI is InChI=1S/C32H25BrN2O7/c1-40-29-15-21(7-13-28(29)42-18-20-5-3-2-4-6-20)19-41-27-14-8-23(33)16-22(27)17-26-30(37)34-32(39)35(31(26)38)24-9-11-25(36)12-10-24/h2-17,36H,18-19H2,1H3,(H,34,37,39)/b26-17-. The van der Waals surface area contributed by atoms with Crippen molar-refractivity contribution < 1.29 is 33.7 Å². The van der Waals surface area contributed by atoms with E-state index in [1.165, 1.54) is 30.3 Å².